The molecular formula is C19H30ClNO. The maximum atomic E-state index is 11.5. The number of nitroso groups, excluding NO2 is 1. The highest BCUT2D eigenvalue weighted by atomic mass is 35.5. The molecule has 22 heavy (non-hydrogen) atoms. The molecule has 0 aliphatic heterocycles. The molecule has 0 unspecified atom stereocenters. The van der Waals surface area contributed by atoms with E-state index < -0.39 is 5.00 Å². The second-order valence-corrected chi connectivity index (χ2v) is 9.87. The molecular weight excluding hydrogens is 294 g/mol. The van der Waals surface area contributed by atoms with Crippen LogP contribution in [0.2, 0.25) is 0 Å². The quantitative estimate of drug-likeness (QED) is 0.324. The molecule has 0 amide bonds. The zero-order chi connectivity index (χ0) is 15.6. The van der Waals surface area contributed by atoms with Crippen LogP contribution in [0.4, 0.5) is 0 Å². The summed E-state index contributed by atoms with van der Waals surface area (Å²) < 4.78 is 0. The molecule has 3 heteroatoms. The molecule has 0 N–H and O–H groups in total. The summed E-state index contributed by atoms with van der Waals surface area (Å²) in [7, 11) is 0. The van der Waals surface area contributed by atoms with Crippen LogP contribution in [-0.4, -0.2) is 5.00 Å². The molecule has 0 radical (unpaired) electrons. The Morgan fingerprint density at radius 1 is 0.909 bits per heavy atom. The Bertz CT molecular complexity index is 482. The predicted molar refractivity (Wildman–Crippen MR) is 90.7 cm³/mol. The second-order valence-electron chi connectivity index (χ2n) is 9.25. The molecule has 124 valence electrons. The summed E-state index contributed by atoms with van der Waals surface area (Å²) in [6.07, 6.45) is 12.8. The SMILES string of the molecule is C[C@]12CCCC[C@@H]1CC[C@@H]1[C@@H]2CC[C@@]2(C)[C@H]1CC[C@]2(Cl)N=O. The molecule has 4 aliphatic rings. The van der Waals surface area contributed by atoms with Crippen LogP contribution in [-0.2, 0) is 0 Å². The van der Waals surface area contributed by atoms with E-state index in [1.165, 1.54) is 44.9 Å². The van der Waals surface area contributed by atoms with Crippen molar-refractivity contribution in [1.29, 1.82) is 0 Å². The van der Waals surface area contributed by atoms with Crippen molar-refractivity contribution in [2.45, 2.75) is 83.1 Å². The van der Waals surface area contributed by atoms with Gasteiger partial charge in [0.15, 0.2) is 5.00 Å². The van der Waals surface area contributed by atoms with Gasteiger partial charge in [0.2, 0.25) is 0 Å². The first-order valence-electron chi connectivity index (χ1n) is 9.48. The Morgan fingerprint density at radius 2 is 1.68 bits per heavy atom. The average molecular weight is 324 g/mol. The van der Waals surface area contributed by atoms with E-state index in [2.05, 4.69) is 19.0 Å². The van der Waals surface area contributed by atoms with Gasteiger partial charge in [-0.3, -0.25) is 0 Å². The first-order valence-corrected chi connectivity index (χ1v) is 9.86. The lowest BCUT2D eigenvalue weighted by molar-refractivity contribution is -0.107. The summed E-state index contributed by atoms with van der Waals surface area (Å²) in [5.74, 6) is 3.25. The topological polar surface area (TPSA) is 29.4 Å². The average Bonchev–Trinajstić information content (AvgIpc) is 2.79. The van der Waals surface area contributed by atoms with E-state index >= 15 is 0 Å². The van der Waals surface area contributed by atoms with Gasteiger partial charge in [-0.15, -0.1) is 4.91 Å². The van der Waals surface area contributed by atoms with Gasteiger partial charge in [0.05, 0.1) is 0 Å². The minimum atomic E-state index is -0.826. The Balaban J connectivity index is 1.66. The normalized spacial score (nSPS) is 57.6. The molecule has 4 aliphatic carbocycles. The maximum absolute atomic E-state index is 11.5. The van der Waals surface area contributed by atoms with Crippen molar-refractivity contribution in [2.75, 3.05) is 0 Å². The monoisotopic (exact) mass is 323 g/mol. The lowest BCUT2D eigenvalue weighted by Gasteiger charge is -2.60. The van der Waals surface area contributed by atoms with Crippen LogP contribution in [0.25, 0.3) is 0 Å². The number of nitrogens with zero attached hydrogens (tertiary/aromatic N) is 1. The fourth-order valence-electron chi connectivity index (χ4n) is 7.41. The minimum Gasteiger partial charge on any atom is -0.149 e. The first-order chi connectivity index (χ1) is 10.4. The summed E-state index contributed by atoms with van der Waals surface area (Å²) in [6, 6.07) is 0. The number of fused-ring (bicyclic) bond motifs is 5. The molecule has 4 rings (SSSR count). The van der Waals surface area contributed by atoms with Gasteiger partial charge in [-0.2, -0.15) is 0 Å². The van der Waals surface area contributed by atoms with Gasteiger partial charge in [-0.25, -0.2) is 0 Å². The van der Waals surface area contributed by atoms with E-state index in [-0.39, 0.29) is 5.41 Å². The third kappa shape index (κ3) is 1.79. The second kappa shape index (κ2) is 4.94. The number of hydrogen-bond donors (Lipinski definition) is 0. The summed E-state index contributed by atoms with van der Waals surface area (Å²) in [5.41, 5.74) is 0.504. The zero-order valence-corrected chi connectivity index (χ0v) is 14.9. The van der Waals surface area contributed by atoms with Crippen LogP contribution in [0.1, 0.15) is 78.1 Å². The summed E-state index contributed by atoms with van der Waals surface area (Å²) in [5, 5.41) is 3.43. The van der Waals surface area contributed by atoms with Crippen molar-refractivity contribution >= 4 is 11.6 Å². The van der Waals surface area contributed by atoms with Crippen molar-refractivity contribution in [3.63, 3.8) is 0 Å². The zero-order valence-electron chi connectivity index (χ0n) is 14.1. The maximum Gasteiger partial charge on any atom is 0.181 e. The number of alkyl halides is 1. The summed E-state index contributed by atoms with van der Waals surface area (Å²) >= 11 is 6.69. The summed E-state index contributed by atoms with van der Waals surface area (Å²) in [6.45, 7) is 4.86. The number of hydrogen-bond acceptors (Lipinski definition) is 2. The van der Waals surface area contributed by atoms with E-state index in [1.54, 1.807) is 0 Å². The van der Waals surface area contributed by atoms with E-state index in [1.807, 2.05) is 0 Å². The number of halogens is 1. The van der Waals surface area contributed by atoms with Gasteiger partial charge in [-0.05, 0) is 85.6 Å². The fraction of sp³-hybridized carbons (Fsp3) is 1.00. The summed E-state index contributed by atoms with van der Waals surface area (Å²) in [4.78, 5) is 10.6. The van der Waals surface area contributed by atoms with Crippen molar-refractivity contribution < 1.29 is 0 Å². The molecule has 7 atom stereocenters. The highest BCUT2D eigenvalue weighted by molar-refractivity contribution is 6.24. The highest BCUT2D eigenvalue weighted by Gasteiger charge is 2.65. The Kier molecular flexibility index (Phi) is 3.46. The van der Waals surface area contributed by atoms with Gasteiger partial charge in [0.1, 0.15) is 0 Å². The lowest BCUT2D eigenvalue weighted by atomic mass is 9.45. The Morgan fingerprint density at radius 3 is 2.45 bits per heavy atom. The van der Waals surface area contributed by atoms with E-state index in [0.717, 1.165) is 37.0 Å². The molecule has 0 aromatic heterocycles. The van der Waals surface area contributed by atoms with Gasteiger partial charge in [-0.1, -0.05) is 38.3 Å². The highest BCUT2D eigenvalue weighted by Crippen LogP contribution is 2.69. The third-order valence-electron chi connectivity index (χ3n) is 8.78. The van der Waals surface area contributed by atoms with Crippen molar-refractivity contribution in [2.24, 2.45) is 39.7 Å². The molecule has 0 bridgehead atoms. The molecule has 4 fully saturated rings. The first kappa shape index (κ1) is 15.4. The van der Waals surface area contributed by atoms with E-state index in [0.29, 0.717) is 11.3 Å². The third-order valence-corrected chi connectivity index (χ3v) is 9.47. The van der Waals surface area contributed by atoms with Gasteiger partial charge >= 0.3 is 0 Å². The standard InChI is InChI=1S/C19H30ClNO/c1-17-10-4-3-5-13(17)6-7-14-15(17)8-11-18(2)16(14)9-12-19(18,20)21-22/h13-16H,3-12H2,1-2H3/t13-,14-,15+,16+,17+,18+,19+/m1/s1. The van der Waals surface area contributed by atoms with Crippen molar-refractivity contribution in [3.8, 4) is 0 Å². The molecule has 0 spiro atoms. The van der Waals surface area contributed by atoms with Gasteiger partial charge in [0, 0.05) is 5.41 Å². The van der Waals surface area contributed by atoms with Crippen LogP contribution < -0.4 is 0 Å². The smallest absolute Gasteiger partial charge is 0.149 e. The largest absolute Gasteiger partial charge is 0.181 e. The van der Waals surface area contributed by atoms with E-state index in [4.69, 9.17) is 11.6 Å². The molecule has 2 nitrogen and oxygen atoms in total. The lowest BCUT2D eigenvalue weighted by Crippen LogP contribution is -2.54. The molecule has 4 saturated carbocycles. The minimum absolute atomic E-state index is 0.0602. The van der Waals surface area contributed by atoms with Crippen molar-refractivity contribution in [1.82, 2.24) is 0 Å². The molecule has 0 aromatic carbocycles. The van der Waals surface area contributed by atoms with Crippen LogP contribution in [0.5, 0.6) is 0 Å². The van der Waals surface area contributed by atoms with Crippen LogP contribution in [0.3, 0.4) is 0 Å². The predicted octanol–water partition coefficient (Wildman–Crippen LogP) is 6.12. The van der Waals surface area contributed by atoms with Gasteiger partial charge < -0.3 is 0 Å². The molecule has 0 aromatic rings. The van der Waals surface area contributed by atoms with Crippen molar-refractivity contribution in [3.05, 3.63) is 4.91 Å². The fourth-order valence-corrected chi connectivity index (χ4v) is 7.75. The molecule has 0 saturated heterocycles. The van der Waals surface area contributed by atoms with Crippen LogP contribution in [0.15, 0.2) is 5.18 Å². The molecule has 0 heterocycles. The van der Waals surface area contributed by atoms with E-state index in [9.17, 15) is 4.91 Å². The number of rotatable bonds is 1. The van der Waals surface area contributed by atoms with Crippen LogP contribution >= 0.6 is 11.6 Å². The Hall–Kier alpha value is -0.110. The Labute approximate surface area is 139 Å². The van der Waals surface area contributed by atoms with Gasteiger partial charge in [0.25, 0.3) is 0 Å². The van der Waals surface area contributed by atoms with Crippen LogP contribution in [0, 0.1) is 39.4 Å².